The van der Waals surface area contributed by atoms with Crippen molar-refractivity contribution >= 4 is 23.7 Å². The molecule has 0 bridgehead atoms. The van der Waals surface area contributed by atoms with Crippen molar-refractivity contribution in [3.05, 3.63) is 12.2 Å². The molecular formula is C15H23N3O5. The molecule has 3 amide bonds. The molecular weight excluding hydrogens is 302 g/mol. The van der Waals surface area contributed by atoms with Gasteiger partial charge in [0.25, 0.3) is 11.8 Å². The first-order valence-electron chi connectivity index (χ1n) is 7.39. The average molecular weight is 325 g/mol. The van der Waals surface area contributed by atoms with Crippen LogP contribution < -0.4 is 11.1 Å². The highest BCUT2D eigenvalue weighted by molar-refractivity contribution is 6.12. The third-order valence-corrected chi connectivity index (χ3v) is 2.95. The second-order valence-corrected chi connectivity index (χ2v) is 6.19. The van der Waals surface area contributed by atoms with E-state index in [2.05, 4.69) is 5.32 Å². The largest absolute Gasteiger partial charge is 0.459 e. The lowest BCUT2D eigenvalue weighted by atomic mass is 10.1. The van der Waals surface area contributed by atoms with Gasteiger partial charge in [-0.3, -0.25) is 24.1 Å². The lowest BCUT2D eigenvalue weighted by Gasteiger charge is -2.22. The molecule has 1 unspecified atom stereocenters. The fraction of sp³-hybridized carbons (Fsp3) is 0.600. The van der Waals surface area contributed by atoms with Crippen LogP contribution in [0.15, 0.2) is 12.2 Å². The van der Waals surface area contributed by atoms with E-state index in [1.165, 1.54) is 12.2 Å². The number of esters is 1. The maximum Gasteiger partial charge on any atom is 0.323 e. The van der Waals surface area contributed by atoms with Crippen LogP contribution in [0.5, 0.6) is 0 Å². The summed E-state index contributed by atoms with van der Waals surface area (Å²) in [7, 11) is 0. The Kier molecular flexibility index (Phi) is 6.44. The van der Waals surface area contributed by atoms with Crippen LogP contribution in [-0.2, 0) is 23.9 Å². The molecule has 0 fully saturated rings. The van der Waals surface area contributed by atoms with Crippen molar-refractivity contribution in [3.63, 3.8) is 0 Å². The smallest absolute Gasteiger partial charge is 0.323 e. The van der Waals surface area contributed by atoms with Crippen molar-refractivity contribution in [1.82, 2.24) is 10.2 Å². The third kappa shape index (κ3) is 6.60. The molecule has 1 heterocycles. The monoisotopic (exact) mass is 325 g/mol. The number of hydrogen-bond acceptors (Lipinski definition) is 6. The van der Waals surface area contributed by atoms with E-state index >= 15 is 0 Å². The minimum absolute atomic E-state index is 0.0561. The van der Waals surface area contributed by atoms with Crippen LogP contribution in [0, 0.1) is 0 Å². The van der Waals surface area contributed by atoms with Gasteiger partial charge in [-0.2, -0.15) is 0 Å². The fourth-order valence-corrected chi connectivity index (χ4v) is 1.83. The normalized spacial score (nSPS) is 15.7. The van der Waals surface area contributed by atoms with Gasteiger partial charge in [0.1, 0.15) is 11.6 Å². The molecule has 1 aliphatic rings. The molecule has 23 heavy (non-hydrogen) atoms. The number of nitrogens with zero attached hydrogens (tertiary/aromatic N) is 1. The molecule has 0 aliphatic carbocycles. The topological polar surface area (TPSA) is 119 Å². The molecule has 1 atom stereocenters. The predicted molar refractivity (Wildman–Crippen MR) is 81.9 cm³/mol. The van der Waals surface area contributed by atoms with E-state index in [1.54, 1.807) is 20.8 Å². The predicted octanol–water partition coefficient (Wildman–Crippen LogP) is -0.523. The first-order chi connectivity index (χ1) is 10.6. The second kappa shape index (κ2) is 7.87. The van der Waals surface area contributed by atoms with Gasteiger partial charge in [0.2, 0.25) is 5.91 Å². The number of imide groups is 1. The Bertz CT molecular complexity index is 504. The van der Waals surface area contributed by atoms with Crippen LogP contribution in [0.4, 0.5) is 0 Å². The fourth-order valence-electron chi connectivity index (χ4n) is 1.83. The van der Waals surface area contributed by atoms with E-state index in [4.69, 9.17) is 10.5 Å². The third-order valence-electron chi connectivity index (χ3n) is 2.95. The van der Waals surface area contributed by atoms with Gasteiger partial charge in [0, 0.05) is 31.7 Å². The quantitative estimate of drug-likeness (QED) is 0.480. The summed E-state index contributed by atoms with van der Waals surface area (Å²) in [4.78, 5) is 47.0. The van der Waals surface area contributed by atoms with Gasteiger partial charge in [-0.25, -0.2) is 0 Å². The number of rotatable bonds is 7. The van der Waals surface area contributed by atoms with Gasteiger partial charge in [0.15, 0.2) is 0 Å². The van der Waals surface area contributed by atoms with Crippen LogP contribution in [0.1, 0.15) is 33.6 Å². The van der Waals surface area contributed by atoms with Crippen LogP contribution in [0.3, 0.4) is 0 Å². The summed E-state index contributed by atoms with van der Waals surface area (Å²) in [6, 6.07) is -0.870. The summed E-state index contributed by atoms with van der Waals surface area (Å²) >= 11 is 0. The number of carbonyl (C=O) groups excluding carboxylic acids is 4. The molecule has 1 rings (SSSR count). The van der Waals surface area contributed by atoms with Gasteiger partial charge < -0.3 is 15.8 Å². The summed E-state index contributed by atoms with van der Waals surface area (Å²) < 4.78 is 5.12. The molecule has 0 saturated heterocycles. The van der Waals surface area contributed by atoms with Crippen molar-refractivity contribution in [1.29, 1.82) is 0 Å². The Morgan fingerprint density at radius 1 is 1.26 bits per heavy atom. The Morgan fingerprint density at radius 3 is 2.35 bits per heavy atom. The molecule has 0 aromatic rings. The highest BCUT2D eigenvalue weighted by Crippen LogP contribution is 2.09. The molecule has 0 spiro atoms. The molecule has 128 valence electrons. The molecule has 0 saturated carbocycles. The van der Waals surface area contributed by atoms with Crippen molar-refractivity contribution in [3.8, 4) is 0 Å². The van der Waals surface area contributed by atoms with E-state index in [-0.39, 0.29) is 31.8 Å². The van der Waals surface area contributed by atoms with E-state index in [0.29, 0.717) is 0 Å². The average Bonchev–Trinajstić information content (AvgIpc) is 2.74. The van der Waals surface area contributed by atoms with E-state index in [9.17, 15) is 19.2 Å². The summed E-state index contributed by atoms with van der Waals surface area (Å²) in [5, 5.41) is 2.57. The number of ether oxygens (including phenoxy) is 1. The van der Waals surface area contributed by atoms with Gasteiger partial charge in [-0.1, -0.05) is 0 Å². The van der Waals surface area contributed by atoms with Gasteiger partial charge in [-0.15, -0.1) is 0 Å². The van der Waals surface area contributed by atoms with Crippen molar-refractivity contribution < 1.29 is 23.9 Å². The minimum Gasteiger partial charge on any atom is -0.459 e. The van der Waals surface area contributed by atoms with Crippen molar-refractivity contribution in [2.75, 3.05) is 13.1 Å². The zero-order chi connectivity index (χ0) is 17.6. The van der Waals surface area contributed by atoms with Gasteiger partial charge in [0.05, 0.1) is 0 Å². The maximum atomic E-state index is 11.7. The number of carbonyl (C=O) groups is 4. The van der Waals surface area contributed by atoms with Crippen LogP contribution >= 0.6 is 0 Å². The molecule has 8 heteroatoms. The lowest BCUT2D eigenvalue weighted by molar-refractivity contribution is -0.156. The number of hydrogen-bond donors (Lipinski definition) is 2. The summed E-state index contributed by atoms with van der Waals surface area (Å²) in [6.45, 7) is 5.47. The number of amides is 3. The van der Waals surface area contributed by atoms with Gasteiger partial charge >= 0.3 is 5.97 Å². The molecule has 1 aliphatic heterocycles. The SMILES string of the molecule is CC(C)(C)OC(=O)C(N)CCC(=O)NCCN1C(=O)C=CC1=O. The van der Waals surface area contributed by atoms with Crippen molar-refractivity contribution in [2.24, 2.45) is 5.73 Å². The van der Waals surface area contributed by atoms with Crippen LogP contribution in [0.2, 0.25) is 0 Å². The van der Waals surface area contributed by atoms with E-state index in [0.717, 1.165) is 4.90 Å². The van der Waals surface area contributed by atoms with Gasteiger partial charge in [-0.05, 0) is 27.2 Å². The van der Waals surface area contributed by atoms with Crippen LogP contribution in [0.25, 0.3) is 0 Å². The Labute approximate surface area is 135 Å². The Morgan fingerprint density at radius 2 is 1.83 bits per heavy atom. The summed E-state index contributed by atoms with van der Waals surface area (Å²) in [5.41, 5.74) is 5.05. The number of nitrogens with one attached hydrogen (secondary N) is 1. The van der Waals surface area contributed by atoms with Crippen LogP contribution in [-0.4, -0.2) is 53.3 Å². The number of nitrogens with two attached hydrogens (primary N) is 1. The van der Waals surface area contributed by atoms with E-state index in [1.807, 2.05) is 0 Å². The first kappa shape index (κ1) is 18.8. The molecule has 8 nitrogen and oxygen atoms in total. The molecule has 3 N–H and O–H groups in total. The lowest BCUT2D eigenvalue weighted by Crippen LogP contribution is -2.40. The standard InChI is InChI=1S/C15H23N3O5/c1-15(2,3)23-14(22)10(16)4-5-11(19)17-8-9-18-12(20)6-7-13(18)21/h6-7,10H,4-5,8-9,16H2,1-3H3,(H,17,19). The summed E-state index contributed by atoms with van der Waals surface area (Å²) in [5.74, 6) is -1.65. The zero-order valence-electron chi connectivity index (χ0n) is 13.6. The highest BCUT2D eigenvalue weighted by Gasteiger charge is 2.24. The molecule has 0 aromatic heterocycles. The van der Waals surface area contributed by atoms with E-state index < -0.39 is 29.4 Å². The minimum atomic E-state index is -0.870. The Balaban J connectivity index is 2.23. The summed E-state index contributed by atoms with van der Waals surface area (Å²) in [6.07, 6.45) is 2.58. The second-order valence-electron chi connectivity index (χ2n) is 6.19. The van der Waals surface area contributed by atoms with Crippen molar-refractivity contribution in [2.45, 2.75) is 45.3 Å². The molecule has 0 aromatic carbocycles. The first-order valence-corrected chi connectivity index (χ1v) is 7.39. The Hall–Kier alpha value is -2.22. The highest BCUT2D eigenvalue weighted by atomic mass is 16.6. The molecule has 0 radical (unpaired) electrons. The maximum absolute atomic E-state index is 11.7. The zero-order valence-corrected chi connectivity index (χ0v) is 13.6.